The van der Waals surface area contributed by atoms with Gasteiger partial charge in [0.05, 0.1) is 11.5 Å². The van der Waals surface area contributed by atoms with Crippen molar-refractivity contribution in [3.8, 4) is 11.6 Å². The average molecular weight is 444 g/mol. The monoisotopic (exact) mass is 443 g/mol. The van der Waals surface area contributed by atoms with Crippen LogP contribution < -0.4 is 5.32 Å². The smallest absolute Gasteiger partial charge is 0.239 e. The molecule has 0 saturated heterocycles. The van der Waals surface area contributed by atoms with E-state index < -0.39 is 0 Å². The van der Waals surface area contributed by atoms with E-state index in [2.05, 4.69) is 32.2 Å². The Morgan fingerprint density at radius 2 is 2.16 bits per heavy atom. The van der Waals surface area contributed by atoms with Crippen LogP contribution in [0.5, 0.6) is 0 Å². The van der Waals surface area contributed by atoms with E-state index in [-0.39, 0.29) is 11.2 Å². The largest absolute Gasteiger partial charge is 0.461 e. The molecule has 166 valence electrons. The Balaban J connectivity index is 1.60. The summed E-state index contributed by atoms with van der Waals surface area (Å²) in [4.78, 5) is 13.1. The first-order chi connectivity index (χ1) is 15.2. The Morgan fingerprint density at radius 1 is 1.32 bits per heavy atom. The van der Waals surface area contributed by atoms with Crippen LogP contribution in [0.3, 0.4) is 0 Å². The van der Waals surface area contributed by atoms with Crippen LogP contribution in [0.25, 0.3) is 11.6 Å². The summed E-state index contributed by atoms with van der Waals surface area (Å²) in [7, 11) is 0. The van der Waals surface area contributed by atoms with Crippen molar-refractivity contribution < 1.29 is 13.7 Å². The molecule has 3 heterocycles. The van der Waals surface area contributed by atoms with Gasteiger partial charge in [-0.2, -0.15) is 0 Å². The summed E-state index contributed by atoms with van der Waals surface area (Å²) in [6.07, 6.45) is 10.2. The standard InChI is InChI=1S/C22H29N5O3S/c1-3-4-12-18(21(28)23-19-14-15(2)30-26-19)31-22-25-24-20(17-11-8-13-29-17)27(22)16-9-6-5-7-10-16/h8,11,13-14,16,18H,3-7,9-10,12H2,1-2H3,(H,23,26,28). The van der Waals surface area contributed by atoms with Gasteiger partial charge in [-0.25, -0.2) is 0 Å². The summed E-state index contributed by atoms with van der Waals surface area (Å²) >= 11 is 1.48. The van der Waals surface area contributed by atoms with Crippen LogP contribution in [0, 0.1) is 6.92 Å². The topological polar surface area (TPSA) is 99.0 Å². The number of carbonyl (C=O) groups excluding carboxylic acids is 1. The van der Waals surface area contributed by atoms with Crippen LogP contribution in [0.4, 0.5) is 5.82 Å². The van der Waals surface area contributed by atoms with Gasteiger partial charge in [-0.1, -0.05) is 55.9 Å². The maximum Gasteiger partial charge on any atom is 0.239 e. The summed E-state index contributed by atoms with van der Waals surface area (Å²) < 4.78 is 12.9. The summed E-state index contributed by atoms with van der Waals surface area (Å²) in [5.41, 5.74) is 0. The van der Waals surface area contributed by atoms with Gasteiger partial charge < -0.3 is 14.3 Å². The second-order valence-corrected chi connectivity index (χ2v) is 9.18. The lowest BCUT2D eigenvalue weighted by molar-refractivity contribution is -0.115. The summed E-state index contributed by atoms with van der Waals surface area (Å²) in [5.74, 6) is 2.45. The third-order valence-corrected chi connectivity index (χ3v) is 6.81. The molecule has 8 nitrogen and oxygen atoms in total. The Morgan fingerprint density at radius 3 is 2.84 bits per heavy atom. The molecule has 0 bridgehead atoms. The van der Waals surface area contributed by atoms with Crippen LogP contribution in [0.2, 0.25) is 0 Å². The van der Waals surface area contributed by atoms with E-state index in [1.54, 1.807) is 19.3 Å². The highest BCUT2D eigenvalue weighted by atomic mass is 32.2. The lowest BCUT2D eigenvalue weighted by atomic mass is 9.95. The fourth-order valence-corrected chi connectivity index (χ4v) is 5.13. The highest BCUT2D eigenvalue weighted by Gasteiger charge is 2.29. The lowest BCUT2D eigenvalue weighted by Crippen LogP contribution is -2.26. The first-order valence-electron chi connectivity index (χ1n) is 11.0. The van der Waals surface area contributed by atoms with E-state index in [1.165, 1.54) is 31.0 Å². The highest BCUT2D eigenvalue weighted by molar-refractivity contribution is 8.00. The minimum absolute atomic E-state index is 0.0931. The van der Waals surface area contributed by atoms with Gasteiger partial charge in [-0.3, -0.25) is 9.36 Å². The van der Waals surface area contributed by atoms with Crippen molar-refractivity contribution in [1.82, 2.24) is 19.9 Å². The maximum absolute atomic E-state index is 13.1. The Bertz CT molecular complexity index is 975. The van der Waals surface area contributed by atoms with Crippen molar-refractivity contribution in [3.05, 3.63) is 30.2 Å². The van der Waals surface area contributed by atoms with E-state index in [1.807, 2.05) is 12.1 Å². The van der Waals surface area contributed by atoms with Crippen LogP contribution in [-0.2, 0) is 4.79 Å². The van der Waals surface area contributed by atoms with Crippen LogP contribution in [-0.4, -0.2) is 31.1 Å². The lowest BCUT2D eigenvalue weighted by Gasteiger charge is -2.26. The SMILES string of the molecule is CCCCC(Sc1nnc(-c2ccco2)n1C1CCCCC1)C(=O)Nc1cc(C)on1. The molecule has 1 aliphatic carbocycles. The molecule has 1 atom stereocenters. The summed E-state index contributed by atoms with van der Waals surface area (Å²) in [6.45, 7) is 3.93. The number of hydrogen-bond acceptors (Lipinski definition) is 7. The molecule has 4 rings (SSSR count). The molecule has 1 amide bonds. The second kappa shape index (κ2) is 10.2. The minimum Gasteiger partial charge on any atom is -0.461 e. The van der Waals surface area contributed by atoms with Gasteiger partial charge in [0.15, 0.2) is 16.7 Å². The van der Waals surface area contributed by atoms with E-state index in [0.717, 1.165) is 43.1 Å². The molecule has 31 heavy (non-hydrogen) atoms. The maximum atomic E-state index is 13.1. The average Bonchev–Trinajstić information content (AvgIpc) is 3.52. The van der Waals surface area contributed by atoms with Crippen molar-refractivity contribution in [3.63, 3.8) is 0 Å². The number of nitrogens with zero attached hydrogens (tertiary/aromatic N) is 4. The van der Waals surface area contributed by atoms with Crippen molar-refractivity contribution in [2.24, 2.45) is 0 Å². The highest BCUT2D eigenvalue weighted by Crippen LogP contribution is 2.37. The number of furan rings is 1. The Labute approximate surface area is 186 Å². The number of thioether (sulfide) groups is 1. The third-order valence-electron chi connectivity index (χ3n) is 5.59. The van der Waals surface area contributed by atoms with Crippen molar-refractivity contribution >= 4 is 23.5 Å². The number of hydrogen-bond donors (Lipinski definition) is 1. The van der Waals surface area contributed by atoms with Gasteiger partial charge in [0.25, 0.3) is 0 Å². The molecule has 0 spiro atoms. The summed E-state index contributed by atoms with van der Waals surface area (Å²) in [5, 5.41) is 16.2. The van der Waals surface area contributed by atoms with Crippen LogP contribution in [0.1, 0.15) is 70.1 Å². The van der Waals surface area contributed by atoms with Gasteiger partial charge >= 0.3 is 0 Å². The fourth-order valence-electron chi connectivity index (χ4n) is 3.99. The van der Waals surface area contributed by atoms with Gasteiger partial charge in [0.1, 0.15) is 5.76 Å². The van der Waals surface area contributed by atoms with Gasteiger partial charge in [0.2, 0.25) is 11.7 Å². The molecule has 3 aromatic heterocycles. The zero-order valence-electron chi connectivity index (χ0n) is 18.0. The molecule has 3 aromatic rings. The second-order valence-electron chi connectivity index (χ2n) is 8.01. The molecular weight excluding hydrogens is 414 g/mol. The van der Waals surface area contributed by atoms with Crippen LogP contribution >= 0.6 is 11.8 Å². The molecule has 1 N–H and O–H groups in total. The molecule has 0 radical (unpaired) electrons. The zero-order valence-corrected chi connectivity index (χ0v) is 18.9. The molecule has 9 heteroatoms. The van der Waals surface area contributed by atoms with Crippen molar-refractivity contribution in [2.75, 3.05) is 5.32 Å². The third kappa shape index (κ3) is 5.20. The predicted molar refractivity (Wildman–Crippen MR) is 119 cm³/mol. The number of amides is 1. The van der Waals surface area contributed by atoms with Gasteiger partial charge in [-0.05, 0) is 38.3 Å². The zero-order chi connectivity index (χ0) is 21.6. The number of nitrogens with one attached hydrogen (secondary N) is 1. The van der Waals surface area contributed by atoms with Crippen molar-refractivity contribution in [1.29, 1.82) is 0 Å². The molecule has 1 unspecified atom stereocenters. The van der Waals surface area contributed by atoms with Crippen LogP contribution in [0.15, 0.2) is 38.6 Å². The molecule has 0 aliphatic heterocycles. The molecule has 1 aliphatic rings. The van der Waals surface area contributed by atoms with Gasteiger partial charge in [0, 0.05) is 12.1 Å². The Kier molecular flexibility index (Phi) is 7.11. The minimum atomic E-state index is -0.298. The Hall–Kier alpha value is -2.55. The van der Waals surface area contributed by atoms with E-state index in [4.69, 9.17) is 8.94 Å². The van der Waals surface area contributed by atoms with Gasteiger partial charge in [-0.15, -0.1) is 10.2 Å². The fraction of sp³-hybridized carbons (Fsp3) is 0.545. The molecule has 1 fully saturated rings. The quantitative estimate of drug-likeness (QED) is 0.428. The van der Waals surface area contributed by atoms with Crippen molar-refractivity contribution in [2.45, 2.75) is 81.7 Å². The molecule has 0 aromatic carbocycles. The molecular formula is C22H29N5O3S. The van der Waals surface area contributed by atoms with E-state index >= 15 is 0 Å². The normalized spacial score (nSPS) is 15.8. The number of rotatable bonds is 9. The van der Waals surface area contributed by atoms with E-state index in [0.29, 0.717) is 23.4 Å². The number of aryl methyl sites for hydroxylation is 1. The number of unbranched alkanes of at least 4 members (excludes halogenated alkanes) is 1. The number of anilines is 1. The van der Waals surface area contributed by atoms with E-state index in [9.17, 15) is 4.79 Å². The number of aromatic nitrogens is 4. The first-order valence-corrected chi connectivity index (χ1v) is 11.9. The predicted octanol–water partition coefficient (Wildman–Crippen LogP) is 5.63. The summed E-state index contributed by atoms with van der Waals surface area (Å²) in [6, 6.07) is 5.81. The number of carbonyl (C=O) groups is 1. The molecule has 1 saturated carbocycles. The first kappa shape index (κ1) is 21.7.